The van der Waals surface area contributed by atoms with E-state index in [0.717, 1.165) is 5.69 Å². The number of nitrogens with zero attached hydrogens (tertiary/aromatic N) is 2. The van der Waals surface area contributed by atoms with Crippen LogP contribution in [-0.4, -0.2) is 34.6 Å². The van der Waals surface area contributed by atoms with Crippen LogP contribution in [0.15, 0.2) is 72.9 Å². The quantitative estimate of drug-likeness (QED) is 0.584. The SMILES string of the molecule is O=C(NCc1ccc(OC(F)(F)F)cc1)[C@H]1c2ccccc2C(=O)N1CCc1ccccn1. The van der Waals surface area contributed by atoms with Crippen LogP contribution in [0, 0.1) is 0 Å². The van der Waals surface area contributed by atoms with Crippen molar-refractivity contribution in [1.29, 1.82) is 0 Å². The maximum absolute atomic E-state index is 13.1. The van der Waals surface area contributed by atoms with E-state index >= 15 is 0 Å². The van der Waals surface area contributed by atoms with E-state index in [-0.39, 0.29) is 24.1 Å². The standard InChI is InChI=1S/C24H20F3N3O3/c25-24(26,27)33-18-10-8-16(9-11-18)15-29-22(31)21-19-6-1-2-7-20(19)23(32)30(21)14-12-17-5-3-4-13-28-17/h1-11,13,21H,12,14-15H2,(H,29,31)/t21-/m1/s1. The Labute approximate surface area is 188 Å². The second kappa shape index (κ2) is 9.32. The molecule has 2 amide bonds. The molecule has 0 bridgehead atoms. The lowest BCUT2D eigenvalue weighted by Crippen LogP contribution is -2.40. The molecule has 1 aliphatic rings. The van der Waals surface area contributed by atoms with Gasteiger partial charge >= 0.3 is 6.36 Å². The van der Waals surface area contributed by atoms with Crippen LogP contribution in [0.2, 0.25) is 0 Å². The number of halogens is 3. The molecule has 3 aromatic rings. The van der Waals surface area contributed by atoms with E-state index in [2.05, 4.69) is 15.0 Å². The molecule has 2 aromatic carbocycles. The Kier molecular flexibility index (Phi) is 6.30. The number of ether oxygens (including phenoxy) is 1. The molecule has 0 radical (unpaired) electrons. The van der Waals surface area contributed by atoms with Crippen molar-refractivity contribution in [3.63, 3.8) is 0 Å². The first-order valence-corrected chi connectivity index (χ1v) is 10.2. The lowest BCUT2D eigenvalue weighted by atomic mass is 10.0. The van der Waals surface area contributed by atoms with Crippen molar-refractivity contribution in [1.82, 2.24) is 15.2 Å². The summed E-state index contributed by atoms with van der Waals surface area (Å²) in [5.41, 5.74) is 2.50. The lowest BCUT2D eigenvalue weighted by Gasteiger charge is -2.24. The van der Waals surface area contributed by atoms with Gasteiger partial charge in [-0.05, 0) is 41.5 Å². The molecule has 0 fully saturated rings. The summed E-state index contributed by atoms with van der Waals surface area (Å²) >= 11 is 0. The summed E-state index contributed by atoms with van der Waals surface area (Å²) in [4.78, 5) is 31.9. The zero-order chi connectivity index (χ0) is 23.4. The van der Waals surface area contributed by atoms with Crippen LogP contribution in [0.1, 0.15) is 33.2 Å². The minimum atomic E-state index is -4.77. The van der Waals surface area contributed by atoms with Gasteiger partial charge in [-0.1, -0.05) is 36.4 Å². The van der Waals surface area contributed by atoms with Gasteiger partial charge in [-0.3, -0.25) is 14.6 Å². The molecular formula is C24H20F3N3O3. The minimum Gasteiger partial charge on any atom is -0.406 e. The third kappa shape index (κ3) is 5.31. The molecule has 1 N–H and O–H groups in total. The van der Waals surface area contributed by atoms with Crippen LogP contribution in [0.4, 0.5) is 13.2 Å². The van der Waals surface area contributed by atoms with Crippen molar-refractivity contribution in [2.24, 2.45) is 0 Å². The maximum atomic E-state index is 13.1. The Morgan fingerprint density at radius 3 is 2.45 bits per heavy atom. The molecule has 0 unspecified atom stereocenters. The summed E-state index contributed by atoms with van der Waals surface area (Å²) in [6.45, 7) is 0.401. The molecule has 2 heterocycles. The monoisotopic (exact) mass is 455 g/mol. The predicted octanol–water partition coefficient (Wildman–Crippen LogP) is 4.04. The summed E-state index contributed by atoms with van der Waals surface area (Å²) in [6, 6.07) is 16.9. The van der Waals surface area contributed by atoms with Crippen molar-refractivity contribution >= 4 is 11.8 Å². The summed E-state index contributed by atoms with van der Waals surface area (Å²) < 4.78 is 40.8. The van der Waals surface area contributed by atoms with Crippen LogP contribution < -0.4 is 10.1 Å². The Balaban J connectivity index is 1.46. The third-order valence-corrected chi connectivity index (χ3v) is 5.27. The summed E-state index contributed by atoms with van der Waals surface area (Å²) in [6.07, 6.45) is -2.60. The molecule has 0 saturated heterocycles. The topological polar surface area (TPSA) is 71.5 Å². The van der Waals surface area contributed by atoms with Crippen molar-refractivity contribution in [2.45, 2.75) is 25.4 Å². The number of aromatic nitrogens is 1. The third-order valence-electron chi connectivity index (χ3n) is 5.27. The van der Waals surface area contributed by atoms with Crippen molar-refractivity contribution in [3.05, 3.63) is 95.3 Å². The molecule has 0 saturated carbocycles. The Bertz CT molecular complexity index is 1130. The first-order valence-electron chi connectivity index (χ1n) is 10.2. The maximum Gasteiger partial charge on any atom is 0.573 e. The molecule has 9 heteroatoms. The minimum absolute atomic E-state index is 0.0894. The summed E-state index contributed by atoms with van der Waals surface area (Å²) in [5, 5.41) is 2.79. The Morgan fingerprint density at radius 1 is 1.03 bits per heavy atom. The van der Waals surface area contributed by atoms with Crippen LogP contribution in [0.25, 0.3) is 0 Å². The fourth-order valence-electron chi connectivity index (χ4n) is 3.76. The number of rotatable bonds is 7. The highest BCUT2D eigenvalue weighted by atomic mass is 19.4. The average molecular weight is 455 g/mol. The van der Waals surface area contributed by atoms with Gasteiger partial charge in [-0.25, -0.2) is 0 Å². The van der Waals surface area contributed by atoms with Gasteiger partial charge in [0.2, 0.25) is 5.91 Å². The molecule has 33 heavy (non-hydrogen) atoms. The average Bonchev–Trinajstić information content (AvgIpc) is 3.08. The van der Waals surface area contributed by atoms with Gasteiger partial charge in [0.1, 0.15) is 11.8 Å². The molecule has 170 valence electrons. The fraction of sp³-hybridized carbons (Fsp3) is 0.208. The zero-order valence-electron chi connectivity index (χ0n) is 17.4. The largest absolute Gasteiger partial charge is 0.573 e. The summed E-state index contributed by atoms with van der Waals surface area (Å²) in [7, 11) is 0. The van der Waals surface area contributed by atoms with E-state index in [1.54, 1.807) is 36.5 Å². The van der Waals surface area contributed by atoms with Crippen LogP contribution in [-0.2, 0) is 17.8 Å². The number of carbonyl (C=O) groups is 2. The predicted molar refractivity (Wildman–Crippen MR) is 113 cm³/mol. The first kappa shape index (κ1) is 22.3. The number of nitrogens with one attached hydrogen (secondary N) is 1. The van der Waals surface area contributed by atoms with E-state index in [4.69, 9.17) is 0 Å². The van der Waals surface area contributed by atoms with Gasteiger partial charge in [-0.15, -0.1) is 13.2 Å². The first-order chi connectivity index (χ1) is 15.8. The highest BCUT2D eigenvalue weighted by Gasteiger charge is 2.40. The van der Waals surface area contributed by atoms with Crippen molar-refractivity contribution in [3.8, 4) is 5.75 Å². The molecule has 4 rings (SSSR count). The molecule has 0 aliphatic carbocycles. The number of benzene rings is 2. The van der Waals surface area contributed by atoms with E-state index < -0.39 is 12.4 Å². The molecule has 6 nitrogen and oxygen atoms in total. The number of hydrogen-bond donors (Lipinski definition) is 1. The van der Waals surface area contributed by atoms with Gasteiger partial charge in [0.15, 0.2) is 0 Å². The zero-order valence-corrected chi connectivity index (χ0v) is 17.4. The van der Waals surface area contributed by atoms with E-state index in [1.807, 2.05) is 12.1 Å². The second-order valence-electron chi connectivity index (χ2n) is 7.47. The smallest absolute Gasteiger partial charge is 0.406 e. The second-order valence-corrected chi connectivity index (χ2v) is 7.47. The highest BCUT2D eigenvalue weighted by Crippen LogP contribution is 2.34. The number of carbonyl (C=O) groups excluding carboxylic acids is 2. The number of amides is 2. The molecule has 1 atom stereocenters. The van der Waals surface area contributed by atoms with E-state index in [1.165, 1.54) is 29.2 Å². The van der Waals surface area contributed by atoms with Crippen LogP contribution >= 0.6 is 0 Å². The van der Waals surface area contributed by atoms with Gasteiger partial charge < -0.3 is 15.0 Å². The molecule has 1 aromatic heterocycles. The molecular weight excluding hydrogens is 435 g/mol. The Morgan fingerprint density at radius 2 is 1.76 bits per heavy atom. The van der Waals surface area contributed by atoms with E-state index in [0.29, 0.717) is 29.7 Å². The van der Waals surface area contributed by atoms with Crippen LogP contribution in [0.3, 0.4) is 0 Å². The normalized spacial score (nSPS) is 15.3. The number of pyridine rings is 1. The number of hydrogen-bond acceptors (Lipinski definition) is 4. The highest BCUT2D eigenvalue weighted by molar-refractivity contribution is 6.04. The van der Waals surface area contributed by atoms with E-state index in [9.17, 15) is 22.8 Å². The molecule has 1 aliphatic heterocycles. The van der Waals surface area contributed by atoms with Gasteiger partial charge in [0.05, 0.1) is 0 Å². The van der Waals surface area contributed by atoms with Crippen molar-refractivity contribution in [2.75, 3.05) is 6.54 Å². The van der Waals surface area contributed by atoms with Crippen LogP contribution in [0.5, 0.6) is 5.75 Å². The van der Waals surface area contributed by atoms with Gasteiger partial charge in [0, 0.05) is 37.0 Å². The van der Waals surface area contributed by atoms with Gasteiger partial charge in [-0.2, -0.15) is 0 Å². The van der Waals surface area contributed by atoms with Gasteiger partial charge in [0.25, 0.3) is 5.91 Å². The fourth-order valence-corrected chi connectivity index (χ4v) is 3.76. The van der Waals surface area contributed by atoms with Crippen molar-refractivity contribution < 1.29 is 27.5 Å². The lowest BCUT2D eigenvalue weighted by molar-refractivity contribution is -0.274. The number of alkyl halides is 3. The summed E-state index contributed by atoms with van der Waals surface area (Å²) in [5.74, 6) is -0.936. The number of fused-ring (bicyclic) bond motifs is 1. The Hall–Kier alpha value is -3.88. The molecule has 0 spiro atoms.